The van der Waals surface area contributed by atoms with E-state index < -0.39 is 0 Å². The molecule has 0 amide bonds. The smallest absolute Gasteiger partial charge is 0.128 e. The fraction of sp³-hybridized carbons (Fsp3) is 0.0714. The first-order valence-electron chi connectivity index (χ1n) is 6.17. The molecule has 0 aliphatic carbocycles. The van der Waals surface area contributed by atoms with E-state index in [1.165, 1.54) is 11.9 Å². The lowest BCUT2D eigenvalue weighted by atomic mass is 10.3. The van der Waals surface area contributed by atoms with Crippen LogP contribution in [0.3, 0.4) is 0 Å². The van der Waals surface area contributed by atoms with Gasteiger partial charge in [0.05, 0.1) is 5.69 Å². The summed E-state index contributed by atoms with van der Waals surface area (Å²) in [6, 6.07) is 7.71. The molecule has 2 heterocycles. The van der Waals surface area contributed by atoms with E-state index in [1.807, 2.05) is 29.7 Å². The van der Waals surface area contributed by atoms with Gasteiger partial charge in [-0.2, -0.15) is 0 Å². The molecule has 0 aliphatic heterocycles. The van der Waals surface area contributed by atoms with Crippen LogP contribution in [-0.4, -0.2) is 21.5 Å². The van der Waals surface area contributed by atoms with Gasteiger partial charge in [0.2, 0.25) is 0 Å². The number of aliphatic imine (C=N–C) groups is 1. The van der Waals surface area contributed by atoms with Crippen LogP contribution in [0.2, 0.25) is 0 Å². The molecule has 0 aliphatic rings. The number of para-hydroxylation sites is 1. The highest BCUT2D eigenvalue weighted by atomic mass is 32.2. The van der Waals surface area contributed by atoms with E-state index in [0.29, 0.717) is 0 Å². The fourth-order valence-electron chi connectivity index (χ4n) is 1.91. The van der Waals surface area contributed by atoms with Crippen molar-refractivity contribution in [2.45, 2.75) is 16.8 Å². The first-order chi connectivity index (χ1) is 10.3. The van der Waals surface area contributed by atoms with Crippen LogP contribution in [0.25, 0.3) is 10.2 Å². The zero-order chi connectivity index (χ0) is 14.7. The van der Waals surface area contributed by atoms with Crippen molar-refractivity contribution in [3.63, 3.8) is 0 Å². The van der Waals surface area contributed by atoms with Gasteiger partial charge in [0, 0.05) is 10.3 Å². The zero-order valence-corrected chi connectivity index (χ0v) is 12.8. The number of hydrogen-bond donors (Lipinski definition) is 2. The van der Waals surface area contributed by atoms with Crippen LogP contribution >= 0.6 is 23.1 Å². The molecule has 3 aromatic rings. The standard InChI is InChI=1S/C14H12N4OS2/c1-9-6-20-13-12(9)14(17-7-16-13)21-11-5-3-2-4-10(11)15-8-18-19/h2-8,19H,1H3,(H,15,18). The lowest BCUT2D eigenvalue weighted by molar-refractivity contribution is 0.240. The molecular weight excluding hydrogens is 304 g/mol. The second-order valence-electron chi connectivity index (χ2n) is 4.23. The number of fused-ring (bicyclic) bond motifs is 1. The first kappa shape index (κ1) is 14.0. The highest BCUT2D eigenvalue weighted by Gasteiger charge is 2.11. The number of thiophene rings is 1. The Hall–Kier alpha value is -1.96. The summed E-state index contributed by atoms with van der Waals surface area (Å²) in [6.07, 6.45) is 2.83. The summed E-state index contributed by atoms with van der Waals surface area (Å²) >= 11 is 3.16. The molecule has 0 spiro atoms. The molecule has 2 aromatic heterocycles. The number of hydrogen-bond acceptors (Lipinski definition) is 6. The van der Waals surface area contributed by atoms with E-state index in [4.69, 9.17) is 5.21 Å². The van der Waals surface area contributed by atoms with Gasteiger partial charge in [0.15, 0.2) is 0 Å². The average molecular weight is 316 g/mol. The Balaban J connectivity index is 2.03. The van der Waals surface area contributed by atoms with Crippen LogP contribution in [0, 0.1) is 6.92 Å². The third-order valence-corrected chi connectivity index (χ3v) is 4.92. The van der Waals surface area contributed by atoms with E-state index in [9.17, 15) is 0 Å². The molecule has 0 saturated heterocycles. The molecule has 0 atom stereocenters. The summed E-state index contributed by atoms with van der Waals surface area (Å²) in [5, 5.41) is 12.7. The van der Waals surface area contributed by atoms with E-state index in [0.717, 1.165) is 25.8 Å². The van der Waals surface area contributed by atoms with Crippen LogP contribution in [-0.2, 0) is 0 Å². The summed E-state index contributed by atoms with van der Waals surface area (Å²) in [4.78, 5) is 14.8. The quantitative estimate of drug-likeness (QED) is 0.332. The van der Waals surface area contributed by atoms with Crippen molar-refractivity contribution in [1.29, 1.82) is 0 Å². The van der Waals surface area contributed by atoms with Crippen molar-refractivity contribution in [2.75, 3.05) is 0 Å². The summed E-state index contributed by atoms with van der Waals surface area (Å²) in [6.45, 7) is 2.06. The minimum Gasteiger partial charge on any atom is -0.290 e. The van der Waals surface area contributed by atoms with Gasteiger partial charge in [-0.25, -0.2) is 15.0 Å². The highest BCUT2D eigenvalue weighted by molar-refractivity contribution is 7.99. The third-order valence-electron chi connectivity index (χ3n) is 2.85. The zero-order valence-electron chi connectivity index (χ0n) is 11.1. The molecule has 106 valence electrons. The number of hydroxylamine groups is 1. The van der Waals surface area contributed by atoms with Crippen LogP contribution in [0.1, 0.15) is 5.56 Å². The Morgan fingerprint density at radius 3 is 3.05 bits per heavy atom. The average Bonchev–Trinajstić information content (AvgIpc) is 2.89. The van der Waals surface area contributed by atoms with Crippen LogP contribution in [0.5, 0.6) is 0 Å². The number of rotatable bonds is 4. The Morgan fingerprint density at radius 1 is 1.33 bits per heavy atom. The molecule has 0 fully saturated rings. The van der Waals surface area contributed by atoms with Crippen LogP contribution in [0.4, 0.5) is 5.69 Å². The third kappa shape index (κ3) is 2.90. The van der Waals surface area contributed by atoms with E-state index in [-0.39, 0.29) is 0 Å². The fourth-order valence-corrected chi connectivity index (χ4v) is 3.91. The lowest BCUT2D eigenvalue weighted by Crippen LogP contribution is -2.00. The van der Waals surface area contributed by atoms with Crippen molar-refractivity contribution in [3.8, 4) is 0 Å². The molecule has 1 aromatic carbocycles. The maximum absolute atomic E-state index is 8.63. The number of aryl methyl sites for hydroxylation is 1. The number of benzene rings is 1. The molecule has 0 bridgehead atoms. The minimum absolute atomic E-state index is 0.767. The molecule has 3 rings (SSSR count). The first-order valence-corrected chi connectivity index (χ1v) is 7.87. The monoisotopic (exact) mass is 316 g/mol. The van der Waals surface area contributed by atoms with Crippen LogP contribution < -0.4 is 5.48 Å². The number of nitrogens with zero attached hydrogens (tertiary/aromatic N) is 3. The van der Waals surface area contributed by atoms with Crippen molar-refractivity contribution < 1.29 is 5.21 Å². The van der Waals surface area contributed by atoms with Gasteiger partial charge in [-0.3, -0.25) is 10.7 Å². The van der Waals surface area contributed by atoms with Crippen molar-refractivity contribution in [1.82, 2.24) is 15.4 Å². The van der Waals surface area contributed by atoms with Gasteiger partial charge < -0.3 is 0 Å². The number of nitrogens with one attached hydrogen (secondary N) is 1. The van der Waals surface area contributed by atoms with Gasteiger partial charge >= 0.3 is 0 Å². The Bertz CT molecular complexity index is 801. The number of aromatic nitrogens is 2. The van der Waals surface area contributed by atoms with Crippen LogP contribution in [0.15, 0.2) is 50.9 Å². The Kier molecular flexibility index (Phi) is 4.14. The summed E-state index contributed by atoms with van der Waals surface area (Å²) < 4.78 is 0. The van der Waals surface area contributed by atoms with Gasteiger partial charge in [0.1, 0.15) is 22.5 Å². The second-order valence-corrected chi connectivity index (χ2v) is 6.12. The topological polar surface area (TPSA) is 70.4 Å². The maximum Gasteiger partial charge on any atom is 0.128 e. The van der Waals surface area contributed by atoms with Gasteiger partial charge in [-0.1, -0.05) is 23.9 Å². The molecule has 2 N–H and O–H groups in total. The molecule has 21 heavy (non-hydrogen) atoms. The Morgan fingerprint density at radius 2 is 2.19 bits per heavy atom. The summed E-state index contributed by atoms with van der Waals surface area (Å²) in [5.74, 6) is 0. The van der Waals surface area contributed by atoms with Crippen molar-refractivity contribution in [3.05, 3.63) is 41.5 Å². The highest BCUT2D eigenvalue weighted by Crippen LogP contribution is 2.38. The predicted octanol–water partition coefficient (Wildman–Crippen LogP) is 3.79. The van der Waals surface area contributed by atoms with E-state index in [2.05, 4.69) is 27.3 Å². The minimum atomic E-state index is 0.767. The molecule has 0 unspecified atom stereocenters. The van der Waals surface area contributed by atoms with Gasteiger partial charge in [0.25, 0.3) is 0 Å². The van der Waals surface area contributed by atoms with Crippen molar-refractivity contribution >= 4 is 45.3 Å². The molecule has 0 radical (unpaired) electrons. The molecular formula is C14H12N4OS2. The lowest BCUT2D eigenvalue weighted by Gasteiger charge is -2.06. The predicted molar refractivity (Wildman–Crippen MR) is 85.8 cm³/mol. The maximum atomic E-state index is 8.63. The van der Waals surface area contributed by atoms with Gasteiger partial charge in [-0.05, 0) is 30.0 Å². The summed E-state index contributed by atoms with van der Waals surface area (Å²) in [7, 11) is 0. The SMILES string of the molecule is Cc1csc2ncnc(Sc3ccccc3N=CNO)c12. The normalized spacial score (nSPS) is 11.3. The Labute approximate surface area is 129 Å². The molecule has 5 nitrogen and oxygen atoms in total. The summed E-state index contributed by atoms with van der Waals surface area (Å²) in [5.41, 5.74) is 3.86. The van der Waals surface area contributed by atoms with E-state index >= 15 is 0 Å². The molecule has 7 heteroatoms. The van der Waals surface area contributed by atoms with E-state index in [1.54, 1.807) is 29.4 Å². The van der Waals surface area contributed by atoms with Crippen molar-refractivity contribution in [2.24, 2.45) is 4.99 Å². The van der Waals surface area contributed by atoms with Gasteiger partial charge in [-0.15, -0.1) is 11.3 Å². The molecule has 0 saturated carbocycles. The second kappa shape index (κ2) is 6.21. The largest absolute Gasteiger partial charge is 0.290 e.